The predicted molar refractivity (Wildman–Crippen MR) is 84.3 cm³/mol. The quantitative estimate of drug-likeness (QED) is 0.858. The van der Waals surface area contributed by atoms with Crippen molar-refractivity contribution < 1.29 is 4.79 Å². The first-order valence-electron chi connectivity index (χ1n) is 7.25. The molecule has 0 fully saturated rings. The van der Waals surface area contributed by atoms with Gasteiger partial charge in [0.15, 0.2) is 0 Å². The third-order valence-corrected chi connectivity index (χ3v) is 4.80. The number of nitrogens with one attached hydrogen (secondary N) is 1. The number of carbonyl (C=O) groups is 1. The maximum atomic E-state index is 12.2. The average molecular weight is 301 g/mol. The van der Waals surface area contributed by atoms with E-state index in [1.54, 1.807) is 23.7 Å². The van der Waals surface area contributed by atoms with Crippen LogP contribution in [0.4, 0.5) is 0 Å². The van der Waals surface area contributed by atoms with E-state index in [9.17, 15) is 4.79 Å². The molecule has 1 aliphatic heterocycles. The highest BCUT2D eigenvalue weighted by Crippen LogP contribution is 2.23. The summed E-state index contributed by atoms with van der Waals surface area (Å²) in [5.41, 5.74) is 2.56. The minimum Gasteiger partial charge on any atom is -0.337 e. The Morgan fingerprint density at radius 1 is 1.33 bits per heavy atom. The number of fused-ring (bicyclic) bond motifs is 1. The zero-order chi connectivity index (χ0) is 14.5. The van der Waals surface area contributed by atoms with Gasteiger partial charge in [0.05, 0.1) is 6.54 Å². The average Bonchev–Trinajstić information content (AvgIpc) is 3.00. The molecular formula is C16H19N3OS. The maximum absolute atomic E-state index is 12.2. The smallest absolute Gasteiger partial charge is 0.236 e. The SMILES string of the molecule is O=C(CNCCc1ccncc1)N1CCc2sccc2C1. The number of hydrogen-bond acceptors (Lipinski definition) is 4. The summed E-state index contributed by atoms with van der Waals surface area (Å²) < 4.78 is 0. The Labute approximate surface area is 128 Å². The van der Waals surface area contributed by atoms with Gasteiger partial charge in [-0.15, -0.1) is 11.3 Å². The Bertz CT molecular complexity index is 597. The van der Waals surface area contributed by atoms with Crippen molar-refractivity contribution in [3.8, 4) is 0 Å². The van der Waals surface area contributed by atoms with Crippen LogP contribution in [0.5, 0.6) is 0 Å². The van der Waals surface area contributed by atoms with Crippen LogP contribution in [0.25, 0.3) is 0 Å². The Morgan fingerprint density at radius 2 is 2.19 bits per heavy atom. The van der Waals surface area contributed by atoms with E-state index in [0.717, 1.165) is 32.5 Å². The lowest BCUT2D eigenvalue weighted by molar-refractivity contribution is -0.131. The predicted octanol–water partition coefficient (Wildman–Crippen LogP) is 1.86. The summed E-state index contributed by atoms with van der Waals surface area (Å²) in [5.74, 6) is 0.196. The van der Waals surface area contributed by atoms with Gasteiger partial charge < -0.3 is 10.2 Å². The third kappa shape index (κ3) is 3.68. The number of aromatic nitrogens is 1. The molecule has 3 rings (SSSR count). The fraction of sp³-hybridized carbons (Fsp3) is 0.375. The molecule has 2 aromatic rings. The molecule has 1 aliphatic rings. The molecule has 1 N–H and O–H groups in total. The zero-order valence-electron chi connectivity index (χ0n) is 11.9. The van der Waals surface area contributed by atoms with E-state index in [1.165, 1.54) is 16.0 Å². The van der Waals surface area contributed by atoms with Gasteiger partial charge in [0, 0.05) is 30.4 Å². The molecule has 110 valence electrons. The molecule has 0 aliphatic carbocycles. The molecule has 21 heavy (non-hydrogen) atoms. The first kappa shape index (κ1) is 14.2. The molecule has 4 nitrogen and oxygen atoms in total. The van der Waals surface area contributed by atoms with Crippen molar-refractivity contribution in [3.05, 3.63) is 52.0 Å². The lowest BCUT2D eigenvalue weighted by atomic mass is 10.1. The topological polar surface area (TPSA) is 45.2 Å². The van der Waals surface area contributed by atoms with Crippen LogP contribution in [-0.2, 0) is 24.2 Å². The highest BCUT2D eigenvalue weighted by molar-refractivity contribution is 7.10. The van der Waals surface area contributed by atoms with Crippen molar-refractivity contribution in [1.82, 2.24) is 15.2 Å². The number of hydrogen-bond donors (Lipinski definition) is 1. The van der Waals surface area contributed by atoms with Gasteiger partial charge in [-0.25, -0.2) is 0 Å². The number of nitrogens with zero attached hydrogens (tertiary/aromatic N) is 2. The van der Waals surface area contributed by atoms with E-state index in [2.05, 4.69) is 21.7 Å². The summed E-state index contributed by atoms with van der Waals surface area (Å²) in [5, 5.41) is 5.36. The molecule has 5 heteroatoms. The van der Waals surface area contributed by atoms with E-state index >= 15 is 0 Å². The molecule has 0 aromatic carbocycles. The van der Waals surface area contributed by atoms with E-state index in [1.807, 2.05) is 17.0 Å². The molecule has 0 radical (unpaired) electrons. The van der Waals surface area contributed by atoms with Crippen LogP contribution in [-0.4, -0.2) is 35.4 Å². The van der Waals surface area contributed by atoms with Crippen LogP contribution in [0.3, 0.4) is 0 Å². The van der Waals surface area contributed by atoms with E-state index < -0.39 is 0 Å². The van der Waals surface area contributed by atoms with Crippen LogP contribution in [0.1, 0.15) is 16.0 Å². The molecule has 0 saturated carbocycles. The number of amides is 1. The molecule has 0 atom stereocenters. The van der Waals surface area contributed by atoms with Crippen molar-refractivity contribution in [2.75, 3.05) is 19.6 Å². The summed E-state index contributed by atoms with van der Waals surface area (Å²) >= 11 is 1.80. The van der Waals surface area contributed by atoms with Crippen molar-refractivity contribution in [1.29, 1.82) is 0 Å². The van der Waals surface area contributed by atoms with Crippen molar-refractivity contribution in [3.63, 3.8) is 0 Å². The fourth-order valence-electron chi connectivity index (χ4n) is 2.55. The van der Waals surface area contributed by atoms with Gasteiger partial charge >= 0.3 is 0 Å². The van der Waals surface area contributed by atoms with Gasteiger partial charge in [0.25, 0.3) is 0 Å². The van der Waals surface area contributed by atoms with Gasteiger partial charge in [-0.3, -0.25) is 9.78 Å². The van der Waals surface area contributed by atoms with E-state index in [0.29, 0.717) is 6.54 Å². The second-order valence-corrected chi connectivity index (χ2v) is 6.22. The first-order chi connectivity index (χ1) is 10.3. The lowest BCUT2D eigenvalue weighted by Gasteiger charge is -2.27. The Hall–Kier alpha value is -1.72. The normalized spacial score (nSPS) is 14.0. The largest absolute Gasteiger partial charge is 0.337 e. The standard InChI is InChI=1S/C16H19N3OS/c20-16(11-18-8-3-13-1-6-17-7-2-13)19-9-4-15-14(12-19)5-10-21-15/h1-2,5-7,10,18H,3-4,8-9,11-12H2. The maximum Gasteiger partial charge on any atom is 0.236 e. The highest BCUT2D eigenvalue weighted by Gasteiger charge is 2.20. The monoisotopic (exact) mass is 301 g/mol. The molecule has 0 saturated heterocycles. The second-order valence-electron chi connectivity index (χ2n) is 5.22. The molecule has 2 aromatic heterocycles. The molecule has 0 spiro atoms. The zero-order valence-corrected chi connectivity index (χ0v) is 12.7. The van der Waals surface area contributed by atoms with Gasteiger partial charge in [-0.2, -0.15) is 0 Å². The van der Waals surface area contributed by atoms with Crippen LogP contribution in [0.2, 0.25) is 0 Å². The Kier molecular flexibility index (Phi) is 4.62. The summed E-state index contributed by atoms with van der Waals surface area (Å²) in [6, 6.07) is 6.15. The van der Waals surface area contributed by atoms with Crippen LogP contribution >= 0.6 is 11.3 Å². The second kappa shape index (κ2) is 6.83. The minimum atomic E-state index is 0.196. The summed E-state index contributed by atoms with van der Waals surface area (Å²) in [4.78, 5) is 19.6. The first-order valence-corrected chi connectivity index (χ1v) is 8.13. The number of thiophene rings is 1. The molecule has 3 heterocycles. The molecule has 0 unspecified atom stereocenters. The third-order valence-electron chi connectivity index (χ3n) is 3.78. The summed E-state index contributed by atoms with van der Waals surface area (Å²) in [6.07, 6.45) is 5.51. The van der Waals surface area contributed by atoms with Gasteiger partial charge in [-0.05, 0) is 54.1 Å². The van der Waals surface area contributed by atoms with Crippen LogP contribution in [0, 0.1) is 0 Å². The molecule has 0 bridgehead atoms. The molecule has 1 amide bonds. The van der Waals surface area contributed by atoms with E-state index in [-0.39, 0.29) is 5.91 Å². The molecular weight excluding hydrogens is 282 g/mol. The van der Waals surface area contributed by atoms with Crippen molar-refractivity contribution in [2.45, 2.75) is 19.4 Å². The van der Waals surface area contributed by atoms with Gasteiger partial charge in [0.1, 0.15) is 0 Å². The summed E-state index contributed by atoms with van der Waals surface area (Å²) in [6.45, 7) is 2.85. The minimum absolute atomic E-state index is 0.196. The van der Waals surface area contributed by atoms with Crippen molar-refractivity contribution in [2.24, 2.45) is 0 Å². The van der Waals surface area contributed by atoms with Gasteiger partial charge in [-0.1, -0.05) is 0 Å². The van der Waals surface area contributed by atoms with E-state index in [4.69, 9.17) is 0 Å². The van der Waals surface area contributed by atoms with Crippen LogP contribution < -0.4 is 5.32 Å². The highest BCUT2D eigenvalue weighted by atomic mass is 32.1. The fourth-order valence-corrected chi connectivity index (χ4v) is 3.44. The Balaban J connectivity index is 1.41. The summed E-state index contributed by atoms with van der Waals surface area (Å²) in [7, 11) is 0. The van der Waals surface area contributed by atoms with Crippen LogP contribution in [0.15, 0.2) is 36.0 Å². The Morgan fingerprint density at radius 3 is 3.05 bits per heavy atom. The number of rotatable bonds is 5. The van der Waals surface area contributed by atoms with Crippen molar-refractivity contribution >= 4 is 17.2 Å². The number of carbonyl (C=O) groups excluding carboxylic acids is 1. The number of pyridine rings is 1. The lowest BCUT2D eigenvalue weighted by Crippen LogP contribution is -2.41. The van der Waals surface area contributed by atoms with Gasteiger partial charge in [0.2, 0.25) is 5.91 Å².